The van der Waals surface area contributed by atoms with E-state index in [-0.39, 0.29) is 17.2 Å². The number of aliphatic hydroxyl groups is 1. The summed E-state index contributed by atoms with van der Waals surface area (Å²) in [7, 11) is 0. The molecule has 1 aliphatic heterocycles. The van der Waals surface area contributed by atoms with Crippen LogP contribution in [0.5, 0.6) is 5.75 Å². The molecule has 1 heterocycles. The standard InChI is InChI=1S/C19H23NO4/c1-11(2)5-6-13-7-8-14-17-16(13)15(20(22)23)9-12(3)18(17)24-10-19(14,4)21/h7-9,11,21H,5-6,10H2,1-4H3. The largest absolute Gasteiger partial charge is 0.489 e. The summed E-state index contributed by atoms with van der Waals surface area (Å²) in [5.41, 5.74) is 1.32. The molecule has 128 valence electrons. The smallest absolute Gasteiger partial charge is 0.278 e. The van der Waals surface area contributed by atoms with E-state index in [1.807, 2.05) is 19.1 Å². The van der Waals surface area contributed by atoms with Gasteiger partial charge in [-0.3, -0.25) is 10.1 Å². The van der Waals surface area contributed by atoms with E-state index in [1.165, 1.54) is 0 Å². The highest BCUT2D eigenvalue weighted by molar-refractivity contribution is 6.02. The first-order valence-corrected chi connectivity index (χ1v) is 8.31. The predicted molar refractivity (Wildman–Crippen MR) is 93.6 cm³/mol. The van der Waals surface area contributed by atoms with E-state index in [0.717, 1.165) is 24.0 Å². The summed E-state index contributed by atoms with van der Waals surface area (Å²) in [6.07, 6.45) is 1.71. The van der Waals surface area contributed by atoms with Crippen LogP contribution in [0, 0.1) is 23.0 Å². The molecule has 5 nitrogen and oxygen atoms in total. The van der Waals surface area contributed by atoms with Crippen molar-refractivity contribution in [2.75, 3.05) is 6.61 Å². The SMILES string of the molecule is Cc1cc([N+](=O)[O-])c2c(CCC(C)C)ccc3c2c1OCC3(C)O. The highest BCUT2D eigenvalue weighted by Crippen LogP contribution is 2.46. The summed E-state index contributed by atoms with van der Waals surface area (Å²) in [6.45, 7) is 7.92. The Hall–Kier alpha value is -2.14. The van der Waals surface area contributed by atoms with Crippen LogP contribution in [-0.2, 0) is 12.0 Å². The van der Waals surface area contributed by atoms with Crippen molar-refractivity contribution in [3.05, 3.63) is 45.0 Å². The Bertz CT molecular complexity index is 824. The van der Waals surface area contributed by atoms with Crippen molar-refractivity contribution in [3.63, 3.8) is 0 Å². The Balaban J connectivity index is 2.37. The summed E-state index contributed by atoms with van der Waals surface area (Å²) < 4.78 is 5.78. The van der Waals surface area contributed by atoms with Gasteiger partial charge in [-0.25, -0.2) is 0 Å². The summed E-state index contributed by atoms with van der Waals surface area (Å²) >= 11 is 0. The third kappa shape index (κ3) is 2.63. The summed E-state index contributed by atoms with van der Waals surface area (Å²) in [4.78, 5) is 11.3. The highest BCUT2D eigenvalue weighted by atomic mass is 16.6. The minimum Gasteiger partial charge on any atom is -0.489 e. The lowest BCUT2D eigenvalue weighted by atomic mass is 9.84. The van der Waals surface area contributed by atoms with E-state index in [1.54, 1.807) is 13.0 Å². The molecule has 0 aromatic heterocycles. The number of nitro benzene ring substituents is 1. The van der Waals surface area contributed by atoms with E-state index in [9.17, 15) is 15.2 Å². The maximum atomic E-state index is 11.7. The third-order valence-electron chi connectivity index (χ3n) is 4.75. The number of rotatable bonds is 4. The van der Waals surface area contributed by atoms with E-state index in [0.29, 0.717) is 28.0 Å². The first-order chi connectivity index (χ1) is 11.2. The van der Waals surface area contributed by atoms with Crippen LogP contribution in [0.3, 0.4) is 0 Å². The molecule has 1 N–H and O–H groups in total. The molecule has 1 aliphatic rings. The number of non-ortho nitro benzene ring substituents is 1. The van der Waals surface area contributed by atoms with Crippen LogP contribution >= 0.6 is 0 Å². The molecule has 2 aromatic carbocycles. The van der Waals surface area contributed by atoms with Gasteiger partial charge in [0, 0.05) is 11.5 Å². The van der Waals surface area contributed by atoms with Gasteiger partial charge in [-0.2, -0.15) is 0 Å². The van der Waals surface area contributed by atoms with Gasteiger partial charge in [0.25, 0.3) is 5.69 Å². The minimum absolute atomic E-state index is 0.0909. The quantitative estimate of drug-likeness (QED) is 0.672. The van der Waals surface area contributed by atoms with Crippen LogP contribution in [0.15, 0.2) is 18.2 Å². The number of nitro groups is 1. The van der Waals surface area contributed by atoms with Crippen molar-refractivity contribution < 1.29 is 14.8 Å². The van der Waals surface area contributed by atoms with Gasteiger partial charge in [-0.15, -0.1) is 0 Å². The van der Waals surface area contributed by atoms with Gasteiger partial charge in [0.05, 0.1) is 10.3 Å². The number of ether oxygens (including phenoxy) is 1. The maximum absolute atomic E-state index is 11.7. The second-order valence-corrected chi connectivity index (χ2v) is 7.32. The third-order valence-corrected chi connectivity index (χ3v) is 4.75. The normalized spacial score (nSPS) is 19.6. The fourth-order valence-electron chi connectivity index (χ4n) is 3.44. The molecule has 0 aliphatic carbocycles. The van der Waals surface area contributed by atoms with Crippen molar-refractivity contribution in [3.8, 4) is 5.75 Å². The van der Waals surface area contributed by atoms with Crippen molar-refractivity contribution in [2.24, 2.45) is 5.92 Å². The number of nitrogens with zero attached hydrogens (tertiary/aromatic N) is 1. The fraction of sp³-hybridized carbons (Fsp3) is 0.474. The van der Waals surface area contributed by atoms with Crippen LogP contribution in [0.25, 0.3) is 10.8 Å². The fourth-order valence-corrected chi connectivity index (χ4v) is 3.44. The number of aryl methyl sites for hydroxylation is 2. The molecule has 0 radical (unpaired) electrons. The Morgan fingerprint density at radius 2 is 2.08 bits per heavy atom. The molecule has 2 aromatic rings. The molecular weight excluding hydrogens is 306 g/mol. The predicted octanol–water partition coefficient (Wildman–Crippen LogP) is 4.24. The van der Waals surface area contributed by atoms with Gasteiger partial charge >= 0.3 is 0 Å². The summed E-state index contributed by atoms with van der Waals surface area (Å²) in [5, 5.41) is 23.6. The van der Waals surface area contributed by atoms with Crippen LogP contribution in [0.4, 0.5) is 5.69 Å². The Morgan fingerprint density at radius 3 is 2.71 bits per heavy atom. The molecule has 0 bridgehead atoms. The van der Waals surface area contributed by atoms with Crippen molar-refractivity contribution in [1.29, 1.82) is 0 Å². The summed E-state index contributed by atoms with van der Waals surface area (Å²) in [5.74, 6) is 1.17. The topological polar surface area (TPSA) is 72.6 Å². The zero-order valence-electron chi connectivity index (χ0n) is 14.5. The van der Waals surface area contributed by atoms with Gasteiger partial charge in [0.2, 0.25) is 0 Å². The van der Waals surface area contributed by atoms with Gasteiger partial charge in [-0.05, 0) is 49.3 Å². The number of hydrogen-bond acceptors (Lipinski definition) is 4. The van der Waals surface area contributed by atoms with Crippen molar-refractivity contribution in [1.82, 2.24) is 0 Å². The lowest BCUT2D eigenvalue weighted by Gasteiger charge is -2.32. The van der Waals surface area contributed by atoms with Gasteiger partial charge < -0.3 is 9.84 Å². The van der Waals surface area contributed by atoms with E-state index in [4.69, 9.17) is 4.74 Å². The number of benzene rings is 2. The van der Waals surface area contributed by atoms with Crippen LogP contribution in [-0.4, -0.2) is 16.6 Å². The Kier molecular flexibility index (Phi) is 4.00. The average Bonchev–Trinajstić information content (AvgIpc) is 2.49. The molecule has 3 rings (SSSR count). The first-order valence-electron chi connectivity index (χ1n) is 8.31. The lowest BCUT2D eigenvalue weighted by molar-refractivity contribution is -0.383. The lowest BCUT2D eigenvalue weighted by Crippen LogP contribution is -2.33. The van der Waals surface area contributed by atoms with E-state index < -0.39 is 5.60 Å². The first kappa shape index (κ1) is 16.7. The minimum atomic E-state index is -1.15. The molecule has 1 unspecified atom stereocenters. The second kappa shape index (κ2) is 5.74. The van der Waals surface area contributed by atoms with E-state index >= 15 is 0 Å². The Morgan fingerprint density at radius 1 is 1.38 bits per heavy atom. The second-order valence-electron chi connectivity index (χ2n) is 7.32. The molecule has 1 atom stereocenters. The highest BCUT2D eigenvalue weighted by Gasteiger charge is 2.35. The molecule has 0 amide bonds. The zero-order chi connectivity index (χ0) is 17.6. The van der Waals surface area contributed by atoms with Gasteiger partial charge in [0.15, 0.2) is 0 Å². The summed E-state index contributed by atoms with van der Waals surface area (Å²) in [6, 6.07) is 5.40. The zero-order valence-corrected chi connectivity index (χ0v) is 14.5. The molecule has 24 heavy (non-hydrogen) atoms. The van der Waals surface area contributed by atoms with Crippen LogP contribution in [0.2, 0.25) is 0 Å². The molecule has 5 heteroatoms. The van der Waals surface area contributed by atoms with Gasteiger partial charge in [-0.1, -0.05) is 26.0 Å². The van der Waals surface area contributed by atoms with E-state index in [2.05, 4.69) is 13.8 Å². The average molecular weight is 329 g/mol. The van der Waals surface area contributed by atoms with Crippen molar-refractivity contribution >= 4 is 16.5 Å². The van der Waals surface area contributed by atoms with Gasteiger partial charge in [0.1, 0.15) is 18.0 Å². The molecule has 0 fully saturated rings. The molecule has 0 spiro atoms. The monoisotopic (exact) mass is 329 g/mol. The van der Waals surface area contributed by atoms with Crippen molar-refractivity contribution in [2.45, 2.75) is 46.1 Å². The Labute approximate surface area is 141 Å². The molecule has 0 saturated carbocycles. The molecule has 0 saturated heterocycles. The molecular formula is C19H23NO4. The van der Waals surface area contributed by atoms with Crippen LogP contribution in [0.1, 0.15) is 43.9 Å². The maximum Gasteiger partial charge on any atom is 0.278 e. The van der Waals surface area contributed by atoms with Crippen LogP contribution < -0.4 is 4.74 Å². The number of hydrogen-bond donors (Lipinski definition) is 1.